The zero-order valence-corrected chi connectivity index (χ0v) is 11.1. The Morgan fingerprint density at radius 1 is 1.61 bits per heavy atom. The number of esters is 1. The van der Waals surface area contributed by atoms with Crippen molar-refractivity contribution in [3.63, 3.8) is 0 Å². The molecule has 18 heavy (non-hydrogen) atoms. The molecule has 0 spiro atoms. The molecule has 2 rings (SSSR count). The normalized spacial score (nSPS) is 19.7. The van der Waals surface area contributed by atoms with Crippen LogP contribution in [0.3, 0.4) is 0 Å². The zero-order chi connectivity index (χ0) is 12.8. The molecule has 0 aliphatic carbocycles. The van der Waals surface area contributed by atoms with Gasteiger partial charge in [0.2, 0.25) is 5.16 Å². The van der Waals surface area contributed by atoms with Crippen molar-refractivity contribution in [1.29, 1.82) is 0 Å². The summed E-state index contributed by atoms with van der Waals surface area (Å²) < 4.78 is 11.7. The molecule has 1 unspecified atom stereocenters. The number of hydrogen-bond donors (Lipinski definition) is 0. The topological polar surface area (TPSA) is 79.1 Å². The molecule has 8 heteroatoms. The number of tetrazole rings is 1. The number of hydrogen-bond acceptors (Lipinski definition) is 7. The second kappa shape index (κ2) is 6.69. The molecule has 0 saturated carbocycles. The van der Waals surface area contributed by atoms with Gasteiger partial charge in [0, 0.05) is 12.4 Å². The molecule has 100 valence electrons. The number of thioether (sulfide) groups is 1. The van der Waals surface area contributed by atoms with E-state index in [1.165, 1.54) is 30.0 Å². The van der Waals surface area contributed by atoms with Crippen LogP contribution in [0.2, 0.25) is 0 Å². The fourth-order valence-electron chi connectivity index (χ4n) is 1.69. The highest BCUT2D eigenvalue weighted by Gasteiger charge is 2.17. The predicted molar refractivity (Wildman–Crippen MR) is 64.1 cm³/mol. The highest BCUT2D eigenvalue weighted by atomic mass is 32.2. The van der Waals surface area contributed by atoms with E-state index in [4.69, 9.17) is 4.74 Å². The monoisotopic (exact) mass is 272 g/mol. The van der Waals surface area contributed by atoms with E-state index in [0.717, 1.165) is 25.2 Å². The summed E-state index contributed by atoms with van der Waals surface area (Å²) in [4.78, 5) is 11.2. The second-order valence-corrected chi connectivity index (χ2v) is 4.98. The number of ether oxygens (including phenoxy) is 2. The number of carbonyl (C=O) groups is 1. The maximum absolute atomic E-state index is 11.2. The molecule has 7 nitrogen and oxygen atoms in total. The van der Waals surface area contributed by atoms with Crippen LogP contribution in [0, 0.1) is 0 Å². The summed E-state index contributed by atoms with van der Waals surface area (Å²) in [5, 5.41) is 11.8. The molecule has 0 radical (unpaired) electrons. The van der Waals surface area contributed by atoms with Gasteiger partial charge in [0.05, 0.1) is 13.2 Å². The maximum Gasteiger partial charge on any atom is 0.327 e. The number of rotatable bonds is 5. The van der Waals surface area contributed by atoms with E-state index >= 15 is 0 Å². The summed E-state index contributed by atoms with van der Waals surface area (Å²) in [5.74, 6) is 0.444. The van der Waals surface area contributed by atoms with Gasteiger partial charge in [-0.25, -0.2) is 4.68 Å². The maximum atomic E-state index is 11.2. The molecular formula is C10H16N4O3S. The van der Waals surface area contributed by atoms with Gasteiger partial charge in [-0.1, -0.05) is 11.8 Å². The average molecular weight is 272 g/mol. The van der Waals surface area contributed by atoms with E-state index in [-0.39, 0.29) is 18.6 Å². The Labute approximate surface area is 109 Å². The highest BCUT2D eigenvalue weighted by Crippen LogP contribution is 2.21. The zero-order valence-electron chi connectivity index (χ0n) is 10.2. The van der Waals surface area contributed by atoms with Gasteiger partial charge < -0.3 is 9.47 Å². The molecule has 1 aromatic heterocycles. The average Bonchev–Trinajstić information content (AvgIpc) is 2.84. The van der Waals surface area contributed by atoms with Gasteiger partial charge >= 0.3 is 5.97 Å². The second-order valence-electron chi connectivity index (χ2n) is 3.99. The largest absolute Gasteiger partial charge is 0.468 e. The van der Waals surface area contributed by atoms with Crippen LogP contribution in [0.25, 0.3) is 0 Å². The molecule has 1 aliphatic heterocycles. The Balaban J connectivity index is 1.85. The molecule has 2 heterocycles. The van der Waals surface area contributed by atoms with Crippen LogP contribution < -0.4 is 0 Å². The molecule has 1 atom stereocenters. The minimum absolute atomic E-state index is 0.0390. The smallest absolute Gasteiger partial charge is 0.327 e. The number of aromatic nitrogens is 4. The lowest BCUT2D eigenvalue weighted by molar-refractivity contribution is -0.141. The number of carbonyl (C=O) groups excluding carboxylic acids is 1. The van der Waals surface area contributed by atoms with Crippen LogP contribution in [0.4, 0.5) is 0 Å². The van der Waals surface area contributed by atoms with Gasteiger partial charge in [-0.2, -0.15) is 0 Å². The Morgan fingerprint density at radius 3 is 3.22 bits per heavy atom. The van der Waals surface area contributed by atoms with Crippen LogP contribution in [0.1, 0.15) is 19.3 Å². The van der Waals surface area contributed by atoms with Crippen LogP contribution in [0.5, 0.6) is 0 Å². The van der Waals surface area contributed by atoms with Gasteiger partial charge in [-0.15, -0.1) is 5.10 Å². The van der Waals surface area contributed by atoms with E-state index in [9.17, 15) is 4.79 Å². The van der Waals surface area contributed by atoms with Crippen molar-refractivity contribution < 1.29 is 14.3 Å². The summed E-state index contributed by atoms with van der Waals surface area (Å²) >= 11 is 1.51. The molecular weight excluding hydrogens is 256 g/mol. The molecule has 1 aliphatic rings. The first kappa shape index (κ1) is 13.3. The Kier molecular flexibility index (Phi) is 4.94. The lowest BCUT2D eigenvalue weighted by Gasteiger charge is -2.21. The quantitative estimate of drug-likeness (QED) is 0.570. The van der Waals surface area contributed by atoms with Gasteiger partial charge in [-0.3, -0.25) is 4.79 Å². The van der Waals surface area contributed by atoms with Crippen molar-refractivity contribution in [2.24, 2.45) is 0 Å². The molecule has 0 bridgehead atoms. The molecule has 1 saturated heterocycles. The lowest BCUT2D eigenvalue weighted by Crippen LogP contribution is -2.21. The van der Waals surface area contributed by atoms with Crippen molar-refractivity contribution in [2.45, 2.75) is 37.1 Å². The van der Waals surface area contributed by atoms with E-state index in [1.807, 2.05) is 0 Å². The van der Waals surface area contributed by atoms with Gasteiger partial charge in [0.25, 0.3) is 0 Å². The van der Waals surface area contributed by atoms with Crippen molar-refractivity contribution in [2.75, 3.05) is 19.5 Å². The molecule has 0 amide bonds. The third-order valence-electron chi connectivity index (χ3n) is 2.68. The van der Waals surface area contributed by atoms with Crippen LogP contribution >= 0.6 is 11.8 Å². The highest BCUT2D eigenvalue weighted by molar-refractivity contribution is 7.99. The van der Waals surface area contributed by atoms with Gasteiger partial charge in [0.1, 0.15) is 6.54 Å². The summed E-state index contributed by atoms with van der Waals surface area (Å²) in [7, 11) is 1.34. The van der Waals surface area contributed by atoms with Crippen LogP contribution in [-0.4, -0.2) is 51.8 Å². The summed E-state index contributed by atoms with van der Waals surface area (Å²) in [6, 6.07) is 0. The van der Waals surface area contributed by atoms with Gasteiger partial charge in [-0.05, 0) is 29.7 Å². The van der Waals surface area contributed by atoms with Gasteiger partial charge in [0.15, 0.2) is 0 Å². The van der Waals surface area contributed by atoms with Crippen molar-refractivity contribution >= 4 is 17.7 Å². The third kappa shape index (κ3) is 3.67. The first-order chi connectivity index (χ1) is 8.79. The SMILES string of the molecule is COC(=O)Cn1nnnc1SCC1CCCCO1. The Hall–Kier alpha value is -1.15. The Morgan fingerprint density at radius 2 is 2.50 bits per heavy atom. The van der Waals surface area contributed by atoms with Crippen molar-refractivity contribution in [3.05, 3.63) is 0 Å². The van der Waals surface area contributed by atoms with E-state index < -0.39 is 0 Å². The molecule has 1 fully saturated rings. The third-order valence-corrected chi connectivity index (χ3v) is 3.77. The summed E-state index contributed by atoms with van der Waals surface area (Å²) in [6.45, 7) is 0.871. The fraction of sp³-hybridized carbons (Fsp3) is 0.800. The van der Waals surface area contributed by atoms with Crippen LogP contribution in [0.15, 0.2) is 5.16 Å². The minimum atomic E-state index is -0.363. The van der Waals surface area contributed by atoms with E-state index in [2.05, 4.69) is 20.3 Å². The van der Waals surface area contributed by atoms with Crippen LogP contribution in [-0.2, 0) is 20.8 Å². The standard InChI is InChI=1S/C10H16N4O3S/c1-16-9(15)6-14-10(11-12-13-14)18-7-8-4-2-3-5-17-8/h8H,2-7H2,1H3. The molecule has 0 aromatic carbocycles. The Bertz CT molecular complexity index is 392. The first-order valence-electron chi connectivity index (χ1n) is 5.87. The minimum Gasteiger partial charge on any atom is -0.468 e. The fourth-order valence-corrected chi connectivity index (χ4v) is 2.63. The van der Waals surface area contributed by atoms with E-state index in [0.29, 0.717) is 5.16 Å². The summed E-state index contributed by atoms with van der Waals surface area (Å²) in [5.41, 5.74) is 0. The first-order valence-corrected chi connectivity index (χ1v) is 6.85. The molecule has 0 N–H and O–H groups in total. The number of methoxy groups -OCH3 is 1. The number of nitrogens with zero attached hydrogens (tertiary/aromatic N) is 4. The van der Waals surface area contributed by atoms with Crippen molar-refractivity contribution in [3.8, 4) is 0 Å². The van der Waals surface area contributed by atoms with E-state index in [1.54, 1.807) is 0 Å². The van der Waals surface area contributed by atoms with Crippen molar-refractivity contribution in [1.82, 2.24) is 20.2 Å². The lowest BCUT2D eigenvalue weighted by atomic mass is 10.1. The predicted octanol–water partition coefficient (Wildman–Crippen LogP) is 0.507. The summed E-state index contributed by atoms with van der Waals surface area (Å²) in [6.07, 6.45) is 3.68. The molecule has 1 aromatic rings.